The zero-order chi connectivity index (χ0) is 16.8. The van der Waals surface area contributed by atoms with Gasteiger partial charge in [-0.2, -0.15) is 0 Å². The Morgan fingerprint density at radius 2 is 2.09 bits per heavy atom. The first-order chi connectivity index (χ1) is 11.0. The average molecular weight is 321 g/mol. The number of amides is 2. The van der Waals surface area contributed by atoms with Crippen molar-refractivity contribution in [2.45, 2.75) is 20.3 Å². The molecule has 2 amide bonds. The second-order valence-electron chi connectivity index (χ2n) is 5.69. The molecule has 23 heavy (non-hydrogen) atoms. The minimum Gasteiger partial charge on any atom is -0.465 e. The predicted molar refractivity (Wildman–Crippen MR) is 85.0 cm³/mol. The quantitative estimate of drug-likeness (QED) is 0.548. The third kappa shape index (κ3) is 4.72. The fraction of sp³-hybridized carbons (Fsp3) is 0.625. The van der Waals surface area contributed by atoms with E-state index in [0.717, 1.165) is 13.0 Å². The number of carbonyl (C=O) groups excluding carboxylic acids is 3. The Morgan fingerprint density at radius 1 is 1.30 bits per heavy atom. The van der Waals surface area contributed by atoms with Crippen LogP contribution in [0.5, 0.6) is 0 Å². The highest BCUT2D eigenvalue weighted by Crippen LogP contribution is 2.14. The molecule has 0 aromatic rings. The van der Waals surface area contributed by atoms with Gasteiger partial charge in [0.25, 0.3) is 5.91 Å². The van der Waals surface area contributed by atoms with E-state index in [1.165, 1.54) is 0 Å². The summed E-state index contributed by atoms with van der Waals surface area (Å²) in [6, 6.07) is 0. The summed E-state index contributed by atoms with van der Waals surface area (Å²) in [4.78, 5) is 43.5. The molecule has 0 aromatic carbocycles. The molecule has 126 valence electrons. The number of esters is 1. The van der Waals surface area contributed by atoms with Gasteiger partial charge in [-0.3, -0.25) is 19.3 Å². The first-order valence-corrected chi connectivity index (χ1v) is 7.95. The molecule has 7 heteroatoms. The largest absolute Gasteiger partial charge is 0.465 e. The van der Waals surface area contributed by atoms with Crippen LogP contribution in [0.3, 0.4) is 0 Å². The normalized spacial score (nSPS) is 22.5. The van der Waals surface area contributed by atoms with E-state index in [9.17, 15) is 14.4 Å². The molecular weight excluding hydrogens is 298 g/mol. The van der Waals surface area contributed by atoms with Crippen LogP contribution in [0, 0.1) is 5.92 Å². The highest BCUT2D eigenvalue weighted by molar-refractivity contribution is 6.12. The van der Waals surface area contributed by atoms with Gasteiger partial charge in [0.2, 0.25) is 5.91 Å². The van der Waals surface area contributed by atoms with Gasteiger partial charge in [0.05, 0.1) is 13.2 Å². The van der Waals surface area contributed by atoms with Crippen molar-refractivity contribution >= 4 is 23.5 Å². The molecular formula is C16H23N3O4. The summed E-state index contributed by atoms with van der Waals surface area (Å²) in [5.74, 6) is -1.67. The minimum absolute atomic E-state index is 0.208. The fourth-order valence-electron chi connectivity index (χ4n) is 2.72. The van der Waals surface area contributed by atoms with E-state index in [1.54, 1.807) is 30.9 Å². The number of allylic oxidation sites excluding steroid dienone is 1. The SMILES string of the molecule is CCOC(=O)CN1CCCN(C(=O)C2C=CC(C)=NC2=O)CC1. The summed E-state index contributed by atoms with van der Waals surface area (Å²) in [7, 11) is 0. The number of rotatable bonds is 4. The van der Waals surface area contributed by atoms with Crippen LogP contribution in [0.2, 0.25) is 0 Å². The monoisotopic (exact) mass is 321 g/mol. The van der Waals surface area contributed by atoms with Crippen molar-refractivity contribution < 1.29 is 19.1 Å². The zero-order valence-electron chi connectivity index (χ0n) is 13.7. The lowest BCUT2D eigenvalue weighted by molar-refractivity contribution is -0.144. The molecule has 0 radical (unpaired) electrons. The Labute approximate surface area is 136 Å². The molecule has 0 aromatic heterocycles. The molecule has 7 nitrogen and oxygen atoms in total. The molecule has 2 rings (SSSR count). The molecule has 2 aliphatic rings. The van der Waals surface area contributed by atoms with Crippen LogP contribution in [-0.2, 0) is 19.1 Å². The van der Waals surface area contributed by atoms with Crippen molar-refractivity contribution in [3.8, 4) is 0 Å². The summed E-state index contributed by atoms with van der Waals surface area (Å²) in [5.41, 5.74) is 0.621. The van der Waals surface area contributed by atoms with Crippen molar-refractivity contribution in [1.82, 2.24) is 9.80 Å². The third-order valence-electron chi connectivity index (χ3n) is 3.91. The van der Waals surface area contributed by atoms with Crippen LogP contribution in [0.1, 0.15) is 20.3 Å². The lowest BCUT2D eigenvalue weighted by atomic mass is 10.0. The molecule has 1 saturated heterocycles. The molecule has 1 unspecified atom stereocenters. The second-order valence-corrected chi connectivity index (χ2v) is 5.69. The van der Waals surface area contributed by atoms with Crippen molar-refractivity contribution in [1.29, 1.82) is 0 Å². The number of aliphatic imine (C=N–C) groups is 1. The number of hydrogen-bond donors (Lipinski definition) is 0. The van der Waals surface area contributed by atoms with E-state index < -0.39 is 11.8 Å². The minimum atomic E-state index is -0.810. The maximum absolute atomic E-state index is 12.5. The Bertz CT molecular complexity index is 541. The summed E-state index contributed by atoms with van der Waals surface area (Å²) in [6.45, 7) is 6.52. The molecule has 0 saturated carbocycles. The van der Waals surface area contributed by atoms with Gasteiger partial charge in [-0.25, -0.2) is 4.99 Å². The summed E-state index contributed by atoms with van der Waals surface area (Å²) < 4.78 is 4.95. The third-order valence-corrected chi connectivity index (χ3v) is 3.91. The van der Waals surface area contributed by atoms with Crippen molar-refractivity contribution in [2.24, 2.45) is 10.9 Å². The molecule has 0 aliphatic carbocycles. The van der Waals surface area contributed by atoms with Crippen LogP contribution in [0.15, 0.2) is 17.1 Å². The average Bonchev–Trinajstić information content (AvgIpc) is 2.72. The number of carbonyl (C=O) groups is 3. The van der Waals surface area contributed by atoms with Gasteiger partial charge in [0.1, 0.15) is 5.92 Å². The fourth-order valence-corrected chi connectivity index (χ4v) is 2.72. The number of dihydropyridines is 1. The Kier molecular flexibility index (Phi) is 6.04. The molecule has 2 aliphatic heterocycles. The topological polar surface area (TPSA) is 79.3 Å². The molecule has 2 heterocycles. The standard InChI is InChI=1S/C16H23N3O4/c1-3-23-14(20)11-18-7-4-8-19(10-9-18)16(22)13-6-5-12(2)17-15(13)21/h5-6,13H,3-4,7-11H2,1-2H3. The van der Waals surface area contributed by atoms with Crippen molar-refractivity contribution in [3.63, 3.8) is 0 Å². The lowest BCUT2D eigenvalue weighted by Crippen LogP contribution is -2.41. The maximum atomic E-state index is 12.5. The molecule has 0 bridgehead atoms. The van der Waals surface area contributed by atoms with Crippen LogP contribution in [0.4, 0.5) is 0 Å². The Hall–Kier alpha value is -2.02. The second kappa shape index (κ2) is 8.01. The number of nitrogens with zero attached hydrogens (tertiary/aromatic N) is 3. The lowest BCUT2D eigenvalue weighted by Gasteiger charge is -2.24. The Morgan fingerprint density at radius 3 is 2.78 bits per heavy atom. The summed E-state index contributed by atoms with van der Waals surface area (Å²) >= 11 is 0. The van der Waals surface area contributed by atoms with E-state index in [4.69, 9.17) is 4.74 Å². The molecule has 1 fully saturated rings. The van der Waals surface area contributed by atoms with Gasteiger partial charge in [0, 0.05) is 31.9 Å². The van der Waals surface area contributed by atoms with Gasteiger partial charge >= 0.3 is 5.97 Å². The summed E-state index contributed by atoms with van der Waals surface area (Å²) in [5, 5.41) is 0. The Balaban J connectivity index is 1.90. The molecule has 0 N–H and O–H groups in total. The van der Waals surface area contributed by atoms with Crippen molar-refractivity contribution in [3.05, 3.63) is 12.2 Å². The van der Waals surface area contributed by atoms with E-state index in [0.29, 0.717) is 32.0 Å². The van der Waals surface area contributed by atoms with Crippen LogP contribution in [-0.4, -0.2) is 72.6 Å². The predicted octanol–water partition coefficient (Wildman–Crippen LogP) is 0.257. The van der Waals surface area contributed by atoms with Gasteiger partial charge < -0.3 is 9.64 Å². The maximum Gasteiger partial charge on any atom is 0.320 e. The number of hydrogen-bond acceptors (Lipinski definition) is 5. The van der Waals surface area contributed by atoms with E-state index in [1.807, 2.05) is 4.90 Å². The van der Waals surface area contributed by atoms with Crippen LogP contribution >= 0.6 is 0 Å². The smallest absolute Gasteiger partial charge is 0.320 e. The van der Waals surface area contributed by atoms with Gasteiger partial charge in [-0.05, 0) is 26.3 Å². The van der Waals surface area contributed by atoms with E-state index in [-0.39, 0.29) is 18.4 Å². The number of ether oxygens (including phenoxy) is 1. The zero-order valence-corrected chi connectivity index (χ0v) is 13.7. The van der Waals surface area contributed by atoms with E-state index in [2.05, 4.69) is 4.99 Å². The van der Waals surface area contributed by atoms with Crippen molar-refractivity contribution in [2.75, 3.05) is 39.3 Å². The highest BCUT2D eigenvalue weighted by atomic mass is 16.5. The highest BCUT2D eigenvalue weighted by Gasteiger charge is 2.31. The van der Waals surface area contributed by atoms with E-state index >= 15 is 0 Å². The van der Waals surface area contributed by atoms with Gasteiger partial charge in [-0.1, -0.05) is 6.08 Å². The van der Waals surface area contributed by atoms with Gasteiger partial charge in [0.15, 0.2) is 0 Å². The summed E-state index contributed by atoms with van der Waals surface area (Å²) in [6.07, 6.45) is 4.08. The molecule has 0 spiro atoms. The first kappa shape index (κ1) is 17.3. The van der Waals surface area contributed by atoms with Crippen LogP contribution in [0.25, 0.3) is 0 Å². The van der Waals surface area contributed by atoms with Gasteiger partial charge in [-0.15, -0.1) is 0 Å². The first-order valence-electron chi connectivity index (χ1n) is 7.95. The van der Waals surface area contributed by atoms with Crippen LogP contribution < -0.4 is 0 Å². The molecule has 1 atom stereocenters.